The first-order chi connectivity index (χ1) is 8.86. The van der Waals surface area contributed by atoms with Crippen LogP contribution in [0.2, 0.25) is 0 Å². The number of carboxylic acid groups (broad SMARTS) is 1. The minimum absolute atomic E-state index is 0.133. The zero-order chi connectivity index (χ0) is 14.5. The topological polar surface area (TPSA) is 83.9 Å². The number of methoxy groups -OCH3 is 1. The highest BCUT2D eigenvalue weighted by Gasteiger charge is 2.18. The van der Waals surface area contributed by atoms with Crippen molar-refractivity contribution in [2.24, 2.45) is 0 Å². The van der Waals surface area contributed by atoms with Crippen molar-refractivity contribution in [3.63, 3.8) is 0 Å². The standard InChI is InChI=1S/C12H17NO5S/c1-13(7-8-18-2)19(16,17)9-10-3-5-11(6-4-10)12(14)15/h3-6H,7-9H2,1-2H3,(H,14,15). The van der Waals surface area contributed by atoms with Gasteiger partial charge in [-0.25, -0.2) is 17.5 Å². The van der Waals surface area contributed by atoms with E-state index >= 15 is 0 Å². The van der Waals surface area contributed by atoms with Crippen molar-refractivity contribution in [1.29, 1.82) is 0 Å². The summed E-state index contributed by atoms with van der Waals surface area (Å²) in [4.78, 5) is 10.7. The summed E-state index contributed by atoms with van der Waals surface area (Å²) in [7, 11) is -0.422. The van der Waals surface area contributed by atoms with Gasteiger partial charge in [0.15, 0.2) is 0 Å². The number of nitrogens with zero attached hydrogens (tertiary/aromatic N) is 1. The molecule has 0 bridgehead atoms. The van der Waals surface area contributed by atoms with Gasteiger partial charge in [-0.2, -0.15) is 0 Å². The van der Waals surface area contributed by atoms with Crippen LogP contribution in [0.5, 0.6) is 0 Å². The number of sulfonamides is 1. The molecule has 0 aliphatic rings. The Labute approximate surface area is 112 Å². The maximum absolute atomic E-state index is 12.0. The fourth-order valence-electron chi connectivity index (χ4n) is 1.42. The molecule has 0 atom stereocenters. The molecule has 0 spiro atoms. The quantitative estimate of drug-likeness (QED) is 0.801. The predicted octanol–water partition coefficient (Wildman–Crippen LogP) is 0.793. The molecule has 1 aromatic carbocycles. The van der Waals surface area contributed by atoms with E-state index < -0.39 is 16.0 Å². The molecule has 0 radical (unpaired) electrons. The lowest BCUT2D eigenvalue weighted by molar-refractivity contribution is 0.0697. The average molecular weight is 287 g/mol. The van der Waals surface area contributed by atoms with Crippen molar-refractivity contribution in [3.05, 3.63) is 35.4 Å². The van der Waals surface area contributed by atoms with Gasteiger partial charge < -0.3 is 9.84 Å². The fourth-order valence-corrected chi connectivity index (χ4v) is 2.61. The molecule has 0 saturated carbocycles. The molecule has 0 unspecified atom stereocenters. The van der Waals surface area contributed by atoms with Crippen LogP contribution in [0.3, 0.4) is 0 Å². The van der Waals surface area contributed by atoms with E-state index in [1.165, 1.54) is 42.7 Å². The SMILES string of the molecule is COCCN(C)S(=O)(=O)Cc1ccc(C(=O)O)cc1. The van der Waals surface area contributed by atoms with Crippen LogP contribution in [-0.4, -0.2) is 51.1 Å². The first kappa shape index (κ1) is 15.6. The van der Waals surface area contributed by atoms with Crippen LogP contribution in [0.1, 0.15) is 15.9 Å². The summed E-state index contributed by atoms with van der Waals surface area (Å²) in [5, 5.41) is 8.75. The van der Waals surface area contributed by atoms with Crippen molar-refractivity contribution < 1.29 is 23.1 Å². The lowest BCUT2D eigenvalue weighted by Crippen LogP contribution is -2.31. The van der Waals surface area contributed by atoms with Crippen LogP contribution >= 0.6 is 0 Å². The van der Waals surface area contributed by atoms with Gasteiger partial charge in [-0.1, -0.05) is 12.1 Å². The normalized spacial score (nSPS) is 11.7. The third-order valence-corrected chi connectivity index (χ3v) is 4.47. The number of hydrogen-bond donors (Lipinski definition) is 1. The summed E-state index contributed by atoms with van der Waals surface area (Å²) in [6.07, 6.45) is 0. The van der Waals surface area contributed by atoms with Crippen LogP contribution < -0.4 is 0 Å². The van der Waals surface area contributed by atoms with E-state index in [0.717, 1.165) is 0 Å². The summed E-state index contributed by atoms with van der Waals surface area (Å²) >= 11 is 0. The molecule has 106 valence electrons. The Morgan fingerprint density at radius 3 is 2.37 bits per heavy atom. The first-order valence-electron chi connectivity index (χ1n) is 5.62. The number of rotatable bonds is 7. The van der Waals surface area contributed by atoms with Crippen LogP contribution in [0.15, 0.2) is 24.3 Å². The number of likely N-dealkylation sites (N-methyl/N-ethyl adjacent to an activating group) is 1. The van der Waals surface area contributed by atoms with Crippen molar-refractivity contribution in [1.82, 2.24) is 4.31 Å². The van der Waals surface area contributed by atoms with Crippen molar-refractivity contribution in [3.8, 4) is 0 Å². The van der Waals surface area contributed by atoms with Gasteiger partial charge in [0.25, 0.3) is 0 Å². The van der Waals surface area contributed by atoms with Gasteiger partial charge in [0, 0.05) is 20.7 Å². The minimum Gasteiger partial charge on any atom is -0.478 e. The molecule has 0 saturated heterocycles. The molecule has 0 aliphatic heterocycles. The number of benzene rings is 1. The largest absolute Gasteiger partial charge is 0.478 e. The Bertz CT molecular complexity index is 524. The highest BCUT2D eigenvalue weighted by Crippen LogP contribution is 2.11. The molecule has 19 heavy (non-hydrogen) atoms. The molecule has 1 N–H and O–H groups in total. The molecule has 1 rings (SSSR count). The van der Waals surface area contributed by atoms with Crippen molar-refractivity contribution in [2.45, 2.75) is 5.75 Å². The molecular formula is C12H17NO5S. The molecule has 7 heteroatoms. The Balaban J connectivity index is 2.75. The van der Waals surface area contributed by atoms with E-state index in [1.807, 2.05) is 0 Å². The van der Waals surface area contributed by atoms with E-state index in [9.17, 15) is 13.2 Å². The number of ether oxygens (including phenoxy) is 1. The van der Waals surface area contributed by atoms with Crippen LogP contribution in [0.25, 0.3) is 0 Å². The summed E-state index contributed by atoms with van der Waals surface area (Å²) in [5.41, 5.74) is 0.683. The van der Waals surface area contributed by atoms with E-state index in [2.05, 4.69) is 0 Å². The third-order valence-electron chi connectivity index (χ3n) is 2.64. The van der Waals surface area contributed by atoms with Gasteiger partial charge in [0.2, 0.25) is 10.0 Å². The smallest absolute Gasteiger partial charge is 0.335 e. The molecule has 0 aliphatic carbocycles. The Kier molecular flexibility index (Phi) is 5.46. The molecular weight excluding hydrogens is 270 g/mol. The van der Waals surface area contributed by atoms with Crippen LogP contribution in [-0.2, 0) is 20.5 Å². The molecule has 0 fully saturated rings. The van der Waals surface area contributed by atoms with Gasteiger partial charge in [-0.05, 0) is 17.7 Å². The van der Waals surface area contributed by atoms with E-state index in [4.69, 9.17) is 9.84 Å². The van der Waals surface area contributed by atoms with Gasteiger partial charge in [-0.3, -0.25) is 0 Å². The second kappa shape index (κ2) is 6.65. The number of aromatic carboxylic acids is 1. The van der Waals surface area contributed by atoms with E-state index in [-0.39, 0.29) is 17.9 Å². The maximum Gasteiger partial charge on any atom is 0.335 e. The first-order valence-corrected chi connectivity index (χ1v) is 7.23. The molecule has 0 aromatic heterocycles. The summed E-state index contributed by atoms with van der Waals surface area (Å²) in [6.45, 7) is 0.611. The van der Waals surface area contributed by atoms with Crippen molar-refractivity contribution in [2.75, 3.05) is 27.3 Å². The molecule has 1 aromatic rings. The molecule has 6 nitrogen and oxygen atoms in total. The van der Waals surface area contributed by atoms with Gasteiger partial charge in [-0.15, -0.1) is 0 Å². The number of carboxylic acids is 1. The summed E-state index contributed by atoms with van der Waals surface area (Å²) in [6, 6.07) is 5.79. The monoisotopic (exact) mass is 287 g/mol. The van der Waals surface area contributed by atoms with E-state index in [0.29, 0.717) is 12.2 Å². The zero-order valence-electron chi connectivity index (χ0n) is 10.9. The maximum atomic E-state index is 12.0. The molecule has 0 heterocycles. The van der Waals surface area contributed by atoms with Gasteiger partial charge >= 0.3 is 5.97 Å². The number of hydrogen-bond acceptors (Lipinski definition) is 4. The van der Waals surface area contributed by atoms with Crippen molar-refractivity contribution >= 4 is 16.0 Å². The van der Waals surface area contributed by atoms with Gasteiger partial charge in [0.1, 0.15) is 0 Å². The Morgan fingerprint density at radius 2 is 1.89 bits per heavy atom. The Morgan fingerprint density at radius 1 is 1.32 bits per heavy atom. The van der Waals surface area contributed by atoms with E-state index in [1.54, 1.807) is 0 Å². The number of carbonyl (C=O) groups is 1. The second-order valence-corrected chi connectivity index (χ2v) is 6.15. The second-order valence-electron chi connectivity index (χ2n) is 4.07. The highest BCUT2D eigenvalue weighted by molar-refractivity contribution is 7.88. The minimum atomic E-state index is -3.41. The third kappa shape index (κ3) is 4.62. The molecule has 0 amide bonds. The zero-order valence-corrected chi connectivity index (χ0v) is 11.7. The average Bonchev–Trinajstić information content (AvgIpc) is 2.36. The predicted molar refractivity (Wildman–Crippen MR) is 70.5 cm³/mol. The van der Waals surface area contributed by atoms with Gasteiger partial charge in [0.05, 0.1) is 17.9 Å². The highest BCUT2D eigenvalue weighted by atomic mass is 32.2. The van der Waals surface area contributed by atoms with Crippen LogP contribution in [0, 0.1) is 0 Å². The lowest BCUT2D eigenvalue weighted by Gasteiger charge is -2.16. The summed E-state index contributed by atoms with van der Waals surface area (Å²) < 4.78 is 30.0. The Hall–Kier alpha value is -1.44. The van der Waals surface area contributed by atoms with Crippen LogP contribution in [0.4, 0.5) is 0 Å². The lowest BCUT2D eigenvalue weighted by atomic mass is 10.1. The fraction of sp³-hybridized carbons (Fsp3) is 0.417. The summed E-state index contributed by atoms with van der Waals surface area (Å²) in [5.74, 6) is -1.20.